The predicted molar refractivity (Wildman–Crippen MR) is 116 cm³/mol. The Morgan fingerprint density at radius 1 is 0.806 bits per heavy atom. The Morgan fingerprint density at radius 2 is 1.48 bits per heavy atom. The minimum absolute atomic E-state index is 0.134. The molecule has 7 nitrogen and oxygen atoms in total. The number of nitrogens with zero attached hydrogens (tertiary/aromatic N) is 1. The molecule has 0 bridgehead atoms. The summed E-state index contributed by atoms with van der Waals surface area (Å²) in [7, 11) is 3.33. The van der Waals surface area contributed by atoms with Crippen LogP contribution < -0.4 is 10.1 Å². The normalized spacial score (nSPS) is 10.1. The molecule has 3 aromatic rings. The van der Waals surface area contributed by atoms with Gasteiger partial charge >= 0.3 is 5.97 Å². The Kier molecular flexibility index (Phi) is 7.01. The van der Waals surface area contributed by atoms with Gasteiger partial charge in [-0.3, -0.25) is 9.59 Å². The van der Waals surface area contributed by atoms with Crippen LogP contribution in [0.5, 0.6) is 11.5 Å². The smallest absolute Gasteiger partial charge is 0.338 e. The average molecular weight is 418 g/mol. The number of anilines is 1. The van der Waals surface area contributed by atoms with Gasteiger partial charge in [-0.15, -0.1) is 0 Å². The van der Waals surface area contributed by atoms with Gasteiger partial charge in [0, 0.05) is 25.3 Å². The van der Waals surface area contributed by atoms with E-state index in [1.165, 1.54) is 4.90 Å². The molecule has 0 aliphatic carbocycles. The van der Waals surface area contributed by atoms with Crippen molar-refractivity contribution >= 4 is 23.5 Å². The van der Waals surface area contributed by atoms with Crippen LogP contribution in [0, 0.1) is 0 Å². The number of hydrogen-bond donors (Lipinski definition) is 1. The quantitative estimate of drug-likeness (QED) is 0.587. The number of carbonyl (C=O) groups is 3. The highest BCUT2D eigenvalue weighted by Crippen LogP contribution is 2.22. The summed E-state index contributed by atoms with van der Waals surface area (Å²) in [6.45, 7) is -0.443. The first kappa shape index (κ1) is 21.6. The van der Waals surface area contributed by atoms with Crippen LogP contribution in [0.25, 0.3) is 0 Å². The van der Waals surface area contributed by atoms with Gasteiger partial charge in [-0.25, -0.2) is 4.79 Å². The average Bonchev–Trinajstić information content (AvgIpc) is 2.78. The number of benzene rings is 3. The maximum absolute atomic E-state index is 12.3. The number of amides is 2. The topological polar surface area (TPSA) is 84.9 Å². The third kappa shape index (κ3) is 6.17. The van der Waals surface area contributed by atoms with E-state index in [1.54, 1.807) is 74.8 Å². The summed E-state index contributed by atoms with van der Waals surface area (Å²) >= 11 is 0. The number of rotatable bonds is 7. The first-order valence-electron chi connectivity index (χ1n) is 9.54. The van der Waals surface area contributed by atoms with E-state index >= 15 is 0 Å². The Balaban J connectivity index is 1.53. The summed E-state index contributed by atoms with van der Waals surface area (Å²) < 4.78 is 10.8. The lowest BCUT2D eigenvalue weighted by Gasteiger charge is -2.11. The lowest BCUT2D eigenvalue weighted by Crippen LogP contribution is -2.22. The van der Waals surface area contributed by atoms with Crippen molar-refractivity contribution in [3.05, 3.63) is 90.0 Å². The van der Waals surface area contributed by atoms with E-state index in [-0.39, 0.29) is 11.5 Å². The zero-order valence-corrected chi connectivity index (χ0v) is 17.2. The molecule has 3 aromatic carbocycles. The third-order valence-electron chi connectivity index (χ3n) is 4.20. The molecule has 31 heavy (non-hydrogen) atoms. The molecule has 0 saturated heterocycles. The van der Waals surface area contributed by atoms with Gasteiger partial charge in [0.1, 0.15) is 11.5 Å². The Hall–Kier alpha value is -4.13. The van der Waals surface area contributed by atoms with Crippen molar-refractivity contribution in [2.45, 2.75) is 0 Å². The summed E-state index contributed by atoms with van der Waals surface area (Å²) in [5, 5.41) is 2.62. The number of hydrogen-bond acceptors (Lipinski definition) is 5. The van der Waals surface area contributed by atoms with Crippen molar-refractivity contribution < 1.29 is 23.9 Å². The van der Waals surface area contributed by atoms with E-state index in [0.29, 0.717) is 22.7 Å². The Bertz CT molecular complexity index is 1060. The number of ether oxygens (including phenoxy) is 2. The summed E-state index contributed by atoms with van der Waals surface area (Å²) in [5.74, 6) is -0.134. The van der Waals surface area contributed by atoms with Gasteiger partial charge in [0.2, 0.25) is 0 Å². The second-order valence-corrected chi connectivity index (χ2v) is 6.84. The predicted octanol–water partition coefficient (Wildman–Crippen LogP) is 3.98. The van der Waals surface area contributed by atoms with Crippen LogP contribution in [0.1, 0.15) is 20.7 Å². The minimum Gasteiger partial charge on any atom is -0.457 e. The molecule has 0 aliphatic rings. The van der Waals surface area contributed by atoms with Crippen LogP contribution >= 0.6 is 0 Å². The van der Waals surface area contributed by atoms with Crippen LogP contribution in [0.3, 0.4) is 0 Å². The first-order chi connectivity index (χ1) is 14.9. The van der Waals surface area contributed by atoms with Crippen LogP contribution in [-0.2, 0) is 9.53 Å². The highest BCUT2D eigenvalue weighted by Gasteiger charge is 2.12. The Morgan fingerprint density at radius 3 is 2.16 bits per heavy atom. The summed E-state index contributed by atoms with van der Waals surface area (Å²) in [6.07, 6.45) is 0. The molecule has 7 heteroatoms. The lowest BCUT2D eigenvalue weighted by atomic mass is 10.2. The molecule has 158 valence electrons. The first-order valence-corrected chi connectivity index (χ1v) is 9.54. The van der Waals surface area contributed by atoms with Crippen molar-refractivity contribution in [2.24, 2.45) is 0 Å². The molecular formula is C24H22N2O5. The van der Waals surface area contributed by atoms with Gasteiger partial charge in [0.25, 0.3) is 11.8 Å². The molecule has 0 fully saturated rings. The molecule has 3 rings (SSSR count). The number of carbonyl (C=O) groups excluding carboxylic acids is 3. The zero-order chi connectivity index (χ0) is 22.2. The molecular weight excluding hydrogens is 396 g/mol. The fourth-order valence-corrected chi connectivity index (χ4v) is 2.68. The SMILES string of the molecule is CN(C)C(=O)c1ccc(NC(=O)COC(=O)c2cccc(Oc3ccccc3)c2)cc1. The van der Waals surface area contributed by atoms with Crippen LogP contribution in [0.4, 0.5) is 5.69 Å². The highest BCUT2D eigenvalue weighted by atomic mass is 16.5. The number of nitrogens with one attached hydrogen (secondary N) is 1. The van der Waals surface area contributed by atoms with Gasteiger partial charge in [-0.05, 0) is 54.6 Å². The summed E-state index contributed by atoms with van der Waals surface area (Å²) in [5.41, 5.74) is 1.27. The van der Waals surface area contributed by atoms with E-state index in [2.05, 4.69) is 5.32 Å². The van der Waals surface area contributed by atoms with E-state index in [4.69, 9.17) is 9.47 Å². The molecule has 0 aliphatic heterocycles. The molecule has 2 amide bonds. The molecule has 0 aromatic heterocycles. The van der Waals surface area contributed by atoms with Crippen molar-refractivity contribution in [1.29, 1.82) is 0 Å². The fourth-order valence-electron chi connectivity index (χ4n) is 2.68. The summed E-state index contributed by atoms with van der Waals surface area (Å²) in [6, 6.07) is 22.2. The fraction of sp³-hybridized carbons (Fsp3) is 0.125. The van der Waals surface area contributed by atoms with Gasteiger partial charge in [0.15, 0.2) is 6.61 Å². The van der Waals surface area contributed by atoms with Gasteiger partial charge in [-0.2, -0.15) is 0 Å². The number of esters is 1. The largest absolute Gasteiger partial charge is 0.457 e. The van der Waals surface area contributed by atoms with Crippen molar-refractivity contribution in [1.82, 2.24) is 4.90 Å². The molecule has 0 saturated carbocycles. The van der Waals surface area contributed by atoms with E-state index in [1.807, 2.05) is 18.2 Å². The maximum Gasteiger partial charge on any atom is 0.338 e. The lowest BCUT2D eigenvalue weighted by molar-refractivity contribution is -0.119. The van der Waals surface area contributed by atoms with Crippen molar-refractivity contribution in [3.63, 3.8) is 0 Å². The van der Waals surface area contributed by atoms with Crippen LogP contribution in [0.15, 0.2) is 78.9 Å². The second kappa shape index (κ2) is 10.1. The second-order valence-electron chi connectivity index (χ2n) is 6.84. The van der Waals surface area contributed by atoms with Crippen molar-refractivity contribution in [3.8, 4) is 11.5 Å². The van der Waals surface area contributed by atoms with Gasteiger partial charge < -0.3 is 19.7 Å². The molecule has 0 unspecified atom stereocenters. The van der Waals surface area contributed by atoms with Gasteiger partial charge in [0.05, 0.1) is 5.56 Å². The molecule has 0 atom stereocenters. The van der Waals surface area contributed by atoms with Crippen LogP contribution in [-0.4, -0.2) is 43.4 Å². The van der Waals surface area contributed by atoms with E-state index < -0.39 is 18.5 Å². The van der Waals surface area contributed by atoms with E-state index in [9.17, 15) is 14.4 Å². The molecule has 0 spiro atoms. The highest BCUT2D eigenvalue weighted by molar-refractivity contribution is 5.97. The molecule has 1 N–H and O–H groups in total. The Labute approximate surface area is 180 Å². The third-order valence-corrected chi connectivity index (χ3v) is 4.20. The van der Waals surface area contributed by atoms with E-state index in [0.717, 1.165) is 0 Å². The molecule has 0 heterocycles. The monoisotopic (exact) mass is 418 g/mol. The molecule has 0 radical (unpaired) electrons. The summed E-state index contributed by atoms with van der Waals surface area (Å²) in [4.78, 5) is 37.7. The van der Waals surface area contributed by atoms with Gasteiger partial charge in [-0.1, -0.05) is 24.3 Å². The zero-order valence-electron chi connectivity index (χ0n) is 17.2. The van der Waals surface area contributed by atoms with Crippen LogP contribution in [0.2, 0.25) is 0 Å². The van der Waals surface area contributed by atoms with Crippen molar-refractivity contribution in [2.75, 3.05) is 26.0 Å². The standard InChI is InChI=1S/C24H22N2O5/c1-26(2)23(28)17-11-13-19(14-12-17)25-22(27)16-30-24(29)18-7-6-10-21(15-18)31-20-8-4-3-5-9-20/h3-15H,16H2,1-2H3,(H,25,27). The maximum atomic E-state index is 12.3. The minimum atomic E-state index is -0.638. The number of para-hydroxylation sites is 1.